The van der Waals surface area contributed by atoms with Crippen molar-refractivity contribution in [3.8, 4) is 17.2 Å². The molecule has 0 aliphatic carbocycles. The molecule has 0 aromatic heterocycles. The molecule has 8 nitrogen and oxygen atoms in total. The minimum atomic E-state index is -0.834. The number of rotatable bonds is 3. The molecule has 2 aromatic rings. The largest absolute Gasteiger partial charge is 0.508 e. The number of non-ortho nitro benzene ring substituents is 1. The minimum Gasteiger partial charge on any atom is -0.508 e. The van der Waals surface area contributed by atoms with Crippen LogP contribution in [0.4, 0.5) is 11.4 Å². The summed E-state index contributed by atoms with van der Waals surface area (Å²) in [6.07, 6.45) is 0. The molecule has 0 spiro atoms. The van der Waals surface area contributed by atoms with Crippen LogP contribution in [0.5, 0.6) is 17.2 Å². The molecule has 0 heterocycles. The molecule has 0 bridgehead atoms. The summed E-state index contributed by atoms with van der Waals surface area (Å²) < 4.78 is 0. The van der Waals surface area contributed by atoms with Crippen LogP contribution in [0.1, 0.15) is 10.4 Å². The van der Waals surface area contributed by atoms with Gasteiger partial charge in [0.15, 0.2) is 0 Å². The van der Waals surface area contributed by atoms with Crippen molar-refractivity contribution in [2.45, 2.75) is 0 Å². The number of hydrogen-bond donors (Lipinski definition) is 4. The van der Waals surface area contributed by atoms with Crippen LogP contribution in [0.2, 0.25) is 0 Å². The quantitative estimate of drug-likeness (QED) is 0.295. The number of phenolic OH excluding ortho intramolecular Hbond substituents is 3. The zero-order valence-corrected chi connectivity index (χ0v) is 10.5. The molecule has 0 fully saturated rings. The fraction of sp³-hybridized carbons (Fsp3) is 0. The van der Waals surface area contributed by atoms with Crippen LogP contribution in [-0.2, 0) is 0 Å². The van der Waals surface area contributed by atoms with Crippen molar-refractivity contribution < 1.29 is 25.0 Å². The fourth-order valence-electron chi connectivity index (χ4n) is 1.63. The summed E-state index contributed by atoms with van der Waals surface area (Å²) in [6.45, 7) is 0. The molecule has 8 heteroatoms. The monoisotopic (exact) mass is 290 g/mol. The van der Waals surface area contributed by atoms with E-state index in [1.807, 2.05) is 0 Å². The number of nitrogens with one attached hydrogen (secondary N) is 1. The number of carbonyl (C=O) groups is 1. The molecular formula is C13H10N2O6. The topological polar surface area (TPSA) is 133 Å². The Hall–Kier alpha value is -3.29. The number of anilines is 1. The Morgan fingerprint density at radius 1 is 1.05 bits per heavy atom. The number of benzene rings is 2. The van der Waals surface area contributed by atoms with E-state index in [4.69, 9.17) is 0 Å². The van der Waals surface area contributed by atoms with Gasteiger partial charge in [-0.15, -0.1) is 0 Å². The lowest BCUT2D eigenvalue weighted by molar-refractivity contribution is -0.384. The summed E-state index contributed by atoms with van der Waals surface area (Å²) in [5, 5.41) is 41.3. The maximum Gasteiger partial charge on any atom is 0.271 e. The Morgan fingerprint density at radius 2 is 1.71 bits per heavy atom. The van der Waals surface area contributed by atoms with Crippen LogP contribution in [0, 0.1) is 10.1 Å². The number of hydrogen-bond acceptors (Lipinski definition) is 6. The summed E-state index contributed by atoms with van der Waals surface area (Å²) in [6, 6.07) is 6.47. The number of aromatic hydroxyl groups is 3. The van der Waals surface area contributed by atoms with Gasteiger partial charge in [0.05, 0.1) is 16.2 Å². The number of carbonyl (C=O) groups excluding carboxylic acids is 1. The van der Waals surface area contributed by atoms with E-state index in [0.29, 0.717) is 0 Å². The smallest absolute Gasteiger partial charge is 0.271 e. The maximum atomic E-state index is 12.0. The number of nitro benzene ring substituents is 1. The zero-order chi connectivity index (χ0) is 15.6. The van der Waals surface area contributed by atoms with Crippen LogP contribution >= 0.6 is 0 Å². The molecule has 21 heavy (non-hydrogen) atoms. The number of phenols is 3. The first kappa shape index (κ1) is 14.1. The lowest BCUT2D eigenvalue weighted by Crippen LogP contribution is -2.12. The van der Waals surface area contributed by atoms with Gasteiger partial charge in [-0.05, 0) is 24.3 Å². The van der Waals surface area contributed by atoms with Gasteiger partial charge in [-0.2, -0.15) is 0 Å². The highest BCUT2D eigenvalue weighted by Crippen LogP contribution is 2.29. The van der Waals surface area contributed by atoms with Crippen LogP contribution in [0.15, 0.2) is 36.4 Å². The Labute approximate surface area is 118 Å². The lowest BCUT2D eigenvalue weighted by Gasteiger charge is -2.08. The standard InChI is InChI=1S/C13H10N2O6/c16-8-2-4-11(17)9(6-8)13(19)14-10-5-7(15(20)21)1-3-12(10)18/h1-6,16-18H,(H,14,19). The second kappa shape index (κ2) is 5.37. The van der Waals surface area contributed by atoms with Gasteiger partial charge in [-0.1, -0.05) is 0 Å². The van der Waals surface area contributed by atoms with Crippen LogP contribution in [0.3, 0.4) is 0 Å². The summed E-state index contributed by atoms with van der Waals surface area (Å²) in [7, 11) is 0. The molecule has 0 saturated carbocycles. The van der Waals surface area contributed by atoms with Gasteiger partial charge in [0, 0.05) is 12.1 Å². The highest BCUT2D eigenvalue weighted by atomic mass is 16.6. The SMILES string of the molecule is O=C(Nc1cc([N+](=O)[O-])ccc1O)c1cc(O)ccc1O. The maximum absolute atomic E-state index is 12.0. The number of nitro groups is 1. The van der Waals surface area contributed by atoms with Crippen molar-refractivity contribution in [2.24, 2.45) is 0 Å². The molecule has 1 amide bonds. The molecule has 0 atom stereocenters. The van der Waals surface area contributed by atoms with Crippen molar-refractivity contribution in [3.05, 3.63) is 52.1 Å². The van der Waals surface area contributed by atoms with Gasteiger partial charge in [0.2, 0.25) is 0 Å². The van der Waals surface area contributed by atoms with E-state index in [9.17, 15) is 30.2 Å². The van der Waals surface area contributed by atoms with Gasteiger partial charge < -0.3 is 20.6 Å². The zero-order valence-electron chi connectivity index (χ0n) is 10.5. The third-order valence-electron chi connectivity index (χ3n) is 2.66. The third-order valence-corrected chi connectivity index (χ3v) is 2.66. The molecule has 0 unspecified atom stereocenters. The average molecular weight is 290 g/mol. The lowest BCUT2D eigenvalue weighted by atomic mass is 10.1. The highest BCUT2D eigenvalue weighted by molar-refractivity contribution is 6.07. The van der Waals surface area contributed by atoms with E-state index in [1.54, 1.807) is 0 Å². The summed E-state index contributed by atoms with van der Waals surface area (Å²) in [5.41, 5.74) is -0.735. The number of amides is 1. The molecular weight excluding hydrogens is 280 g/mol. The van der Waals surface area contributed by atoms with E-state index in [2.05, 4.69) is 5.32 Å². The van der Waals surface area contributed by atoms with Crippen molar-refractivity contribution in [1.82, 2.24) is 0 Å². The van der Waals surface area contributed by atoms with E-state index in [0.717, 1.165) is 30.3 Å². The van der Waals surface area contributed by atoms with Gasteiger partial charge in [-0.25, -0.2) is 0 Å². The van der Waals surface area contributed by atoms with Gasteiger partial charge in [0.1, 0.15) is 17.2 Å². The second-order valence-corrected chi connectivity index (χ2v) is 4.11. The van der Waals surface area contributed by atoms with Crippen LogP contribution < -0.4 is 5.32 Å². The number of nitrogens with zero attached hydrogens (tertiary/aromatic N) is 1. The van der Waals surface area contributed by atoms with Crippen molar-refractivity contribution >= 4 is 17.3 Å². The van der Waals surface area contributed by atoms with E-state index < -0.39 is 10.8 Å². The predicted octanol–water partition coefficient (Wildman–Crippen LogP) is 1.96. The first-order chi connectivity index (χ1) is 9.88. The minimum absolute atomic E-state index is 0.183. The normalized spacial score (nSPS) is 10.1. The van der Waals surface area contributed by atoms with Crippen molar-refractivity contribution in [1.29, 1.82) is 0 Å². The van der Waals surface area contributed by atoms with Crippen molar-refractivity contribution in [3.63, 3.8) is 0 Å². The van der Waals surface area contributed by atoms with Gasteiger partial charge in [-0.3, -0.25) is 14.9 Å². The summed E-state index contributed by atoms with van der Waals surface area (Å²) in [5.74, 6) is -1.82. The molecule has 108 valence electrons. The molecule has 2 aromatic carbocycles. The van der Waals surface area contributed by atoms with Crippen molar-refractivity contribution in [2.75, 3.05) is 5.32 Å². The molecule has 0 aliphatic heterocycles. The second-order valence-electron chi connectivity index (χ2n) is 4.11. The first-order valence-electron chi connectivity index (χ1n) is 5.69. The Bertz CT molecular complexity index is 729. The third kappa shape index (κ3) is 3.00. The summed E-state index contributed by atoms with van der Waals surface area (Å²) in [4.78, 5) is 21.9. The van der Waals surface area contributed by atoms with E-state index >= 15 is 0 Å². The van der Waals surface area contributed by atoms with Crippen LogP contribution in [0.25, 0.3) is 0 Å². The van der Waals surface area contributed by atoms with E-state index in [1.165, 1.54) is 6.07 Å². The molecule has 0 radical (unpaired) electrons. The van der Waals surface area contributed by atoms with E-state index in [-0.39, 0.29) is 34.2 Å². The first-order valence-corrected chi connectivity index (χ1v) is 5.69. The molecule has 0 saturated heterocycles. The molecule has 2 rings (SSSR count). The van der Waals surface area contributed by atoms with Gasteiger partial charge in [0.25, 0.3) is 11.6 Å². The Morgan fingerprint density at radius 3 is 2.38 bits per heavy atom. The highest BCUT2D eigenvalue weighted by Gasteiger charge is 2.16. The summed E-state index contributed by atoms with van der Waals surface area (Å²) >= 11 is 0. The predicted molar refractivity (Wildman–Crippen MR) is 72.5 cm³/mol. The van der Waals surface area contributed by atoms with Crippen LogP contribution in [-0.4, -0.2) is 26.2 Å². The average Bonchev–Trinajstić information content (AvgIpc) is 2.43. The van der Waals surface area contributed by atoms with Gasteiger partial charge >= 0.3 is 0 Å². The fourth-order valence-corrected chi connectivity index (χ4v) is 1.63. The Kier molecular flexibility index (Phi) is 3.61. The Balaban J connectivity index is 2.33. The molecule has 4 N–H and O–H groups in total. The molecule has 0 aliphatic rings.